The van der Waals surface area contributed by atoms with Crippen molar-refractivity contribution in [2.45, 2.75) is 45.7 Å². The van der Waals surface area contributed by atoms with E-state index >= 15 is 0 Å². The van der Waals surface area contributed by atoms with Crippen LogP contribution in [-0.4, -0.2) is 52.9 Å². The molecule has 3 rings (SSSR count). The molecule has 0 aliphatic carbocycles. The largest absolute Gasteiger partial charge is 0.301 e. The molecule has 146 valence electrons. The molecule has 27 heavy (non-hydrogen) atoms. The van der Waals surface area contributed by atoms with E-state index in [1.165, 1.54) is 23.3 Å². The Kier molecular flexibility index (Phi) is 7.38. The molecule has 1 fully saturated rings. The van der Waals surface area contributed by atoms with E-state index in [0.29, 0.717) is 17.7 Å². The topological polar surface area (TPSA) is 48.5 Å². The van der Waals surface area contributed by atoms with Gasteiger partial charge in [0, 0.05) is 24.5 Å². The van der Waals surface area contributed by atoms with Crippen molar-refractivity contribution in [3.63, 3.8) is 0 Å². The molecular weight excluding hydrogens is 356 g/mol. The van der Waals surface area contributed by atoms with E-state index < -0.39 is 0 Å². The number of likely N-dealkylation sites (tertiary alicyclic amines) is 1. The number of hydrogen-bond acceptors (Lipinski definition) is 5. The van der Waals surface area contributed by atoms with Crippen molar-refractivity contribution in [2.24, 2.45) is 0 Å². The maximum atomic E-state index is 12.5. The number of nitrogens with one attached hydrogen (secondary N) is 1. The number of aromatic nitrogens is 1. The Morgan fingerprint density at radius 2 is 2.19 bits per heavy atom. The van der Waals surface area contributed by atoms with Gasteiger partial charge >= 0.3 is 0 Å². The molecule has 1 aromatic heterocycles. The van der Waals surface area contributed by atoms with Gasteiger partial charge in [-0.25, -0.2) is 4.98 Å². The molecular formula is C21H30N4OS. The van der Waals surface area contributed by atoms with Crippen molar-refractivity contribution in [3.05, 3.63) is 47.0 Å². The van der Waals surface area contributed by atoms with Gasteiger partial charge in [-0.1, -0.05) is 37.3 Å². The first-order valence-corrected chi connectivity index (χ1v) is 10.7. The minimum absolute atomic E-state index is 0.0398. The third-order valence-corrected chi connectivity index (χ3v) is 5.84. The number of hydrogen-bond donors (Lipinski definition) is 1. The minimum atomic E-state index is 0.0398. The van der Waals surface area contributed by atoms with E-state index in [9.17, 15) is 4.79 Å². The third-order valence-electron chi connectivity index (χ3n) is 4.97. The van der Waals surface area contributed by atoms with E-state index in [-0.39, 0.29) is 5.91 Å². The molecule has 6 heteroatoms. The van der Waals surface area contributed by atoms with Gasteiger partial charge in [0.2, 0.25) is 5.91 Å². The maximum Gasteiger partial charge on any atom is 0.240 e. The van der Waals surface area contributed by atoms with Crippen molar-refractivity contribution in [3.8, 4) is 0 Å². The van der Waals surface area contributed by atoms with Crippen molar-refractivity contribution in [1.29, 1.82) is 0 Å². The normalized spacial score (nSPS) is 18.0. The molecule has 1 N–H and O–H groups in total. The van der Waals surface area contributed by atoms with Gasteiger partial charge < -0.3 is 5.32 Å². The summed E-state index contributed by atoms with van der Waals surface area (Å²) in [4.78, 5) is 21.7. The van der Waals surface area contributed by atoms with Gasteiger partial charge in [0.05, 0.1) is 12.2 Å². The van der Waals surface area contributed by atoms with Gasteiger partial charge in [-0.2, -0.15) is 0 Å². The van der Waals surface area contributed by atoms with E-state index in [4.69, 9.17) is 0 Å². The zero-order chi connectivity index (χ0) is 19.1. The van der Waals surface area contributed by atoms with Crippen LogP contribution < -0.4 is 5.32 Å². The Balaban J connectivity index is 1.57. The molecule has 1 aliphatic rings. The molecule has 1 aromatic carbocycles. The molecule has 0 bridgehead atoms. The third kappa shape index (κ3) is 6.13. The molecule has 0 spiro atoms. The Bertz CT molecular complexity index is 718. The molecule has 2 aromatic rings. The fraction of sp³-hybridized carbons (Fsp3) is 0.524. The van der Waals surface area contributed by atoms with Crippen LogP contribution in [0.4, 0.5) is 5.13 Å². The average molecular weight is 387 g/mol. The fourth-order valence-electron chi connectivity index (χ4n) is 3.75. The number of piperidine rings is 1. The number of aryl methyl sites for hydroxylation is 1. The highest BCUT2D eigenvalue weighted by Crippen LogP contribution is 2.19. The highest BCUT2D eigenvalue weighted by atomic mass is 32.1. The molecule has 0 radical (unpaired) electrons. The highest BCUT2D eigenvalue weighted by molar-refractivity contribution is 7.13. The molecule has 1 saturated heterocycles. The fourth-order valence-corrected chi connectivity index (χ4v) is 4.45. The van der Waals surface area contributed by atoms with Crippen LogP contribution in [0.2, 0.25) is 0 Å². The molecule has 1 atom stereocenters. The first-order valence-electron chi connectivity index (χ1n) is 9.86. The summed E-state index contributed by atoms with van der Waals surface area (Å²) in [5.74, 6) is 0.0398. The van der Waals surface area contributed by atoms with Crippen LogP contribution >= 0.6 is 11.3 Å². The van der Waals surface area contributed by atoms with Crippen molar-refractivity contribution in [2.75, 3.05) is 31.5 Å². The SMILES string of the molecule is CCCN(CC(=O)Nc1nc(C)cs1)C1CCCN(Cc2ccccc2)C1. The lowest BCUT2D eigenvalue weighted by atomic mass is 10.0. The van der Waals surface area contributed by atoms with Crippen molar-refractivity contribution >= 4 is 22.4 Å². The van der Waals surface area contributed by atoms with Crippen molar-refractivity contribution < 1.29 is 4.79 Å². The number of rotatable bonds is 8. The van der Waals surface area contributed by atoms with E-state index in [1.807, 2.05) is 12.3 Å². The Hall–Kier alpha value is -1.76. The molecule has 1 amide bonds. The summed E-state index contributed by atoms with van der Waals surface area (Å²) >= 11 is 1.49. The predicted octanol–water partition coefficient (Wildman–Crippen LogP) is 3.77. The number of anilines is 1. The van der Waals surface area contributed by atoms with Gasteiger partial charge in [0.1, 0.15) is 0 Å². The Labute approximate surface area is 166 Å². The monoisotopic (exact) mass is 386 g/mol. The number of carbonyl (C=O) groups is 1. The summed E-state index contributed by atoms with van der Waals surface area (Å²) in [7, 11) is 0. The van der Waals surface area contributed by atoms with Crippen molar-refractivity contribution in [1.82, 2.24) is 14.8 Å². The van der Waals surface area contributed by atoms with Crippen LogP contribution in [0.15, 0.2) is 35.7 Å². The molecule has 0 saturated carbocycles. The Morgan fingerprint density at radius 1 is 1.37 bits per heavy atom. The maximum absolute atomic E-state index is 12.5. The zero-order valence-electron chi connectivity index (χ0n) is 16.4. The lowest BCUT2D eigenvalue weighted by Gasteiger charge is -2.39. The number of nitrogens with zero attached hydrogens (tertiary/aromatic N) is 3. The number of thiazole rings is 1. The van der Waals surface area contributed by atoms with E-state index in [1.54, 1.807) is 0 Å². The lowest BCUT2D eigenvalue weighted by Crippen LogP contribution is -2.50. The first-order chi connectivity index (χ1) is 13.1. The summed E-state index contributed by atoms with van der Waals surface area (Å²) in [6, 6.07) is 11.1. The summed E-state index contributed by atoms with van der Waals surface area (Å²) < 4.78 is 0. The minimum Gasteiger partial charge on any atom is -0.301 e. The second-order valence-corrected chi connectivity index (χ2v) is 8.19. The highest BCUT2D eigenvalue weighted by Gasteiger charge is 2.26. The van der Waals surface area contributed by atoms with Crippen LogP contribution in [0, 0.1) is 6.92 Å². The second kappa shape index (κ2) is 9.97. The number of carbonyl (C=O) groups excluding carboxylic acids is 1. The lowest BCUT2D eigenvalue weighted by molar-refractivity contribution is -0.118. The quantitative estimate of drug-likeness (QED) is 0.750. The molecule has 1 unspecified atom stereocenters. The van der Waals surface area contributed by atoms with Gasteiger partial charge in [-0.3, -0.25) is 14.6 Å². The van der Waals surface area contributed by atoms with E-state index in [0.717, 1.165) is 44.7 Å². The van der Waals surface area contributed by atoms with Crippen LogP contribution in [0.25, 0.3) is 0 Å². The zero-order valence-corrected chi connectivity index (χ0v) is 17.2. The Morgan fingerprint density at radius 3 is 2.89 bits per heavy atom. The van der Waals surface area contributed by atoms with Crippen LogP contribution in [0.5, 0.6) is 0 Å². The standard InChI is InChI=1S/C21H30N4OS/c1-3-11-25(15-20(26)23-21-22-17(2)16-27-21)19-10-7-12-24(14-19)13-18-8-5-4-6-9-18/h4-6,8-9,16,19H,3,7,10-15H2,1-2H3,(H,22,23,26). The van der Waals surface area contributed by atoms with E-state index in [2.05, 4.69) is 57.4 Å². The van der Waals surface area contributed by atoms with Gasteiger partial charge in [0.25, 0.3) is 0 Å². The van der Waals surface area contributed by atoms with Gasteiger partial charge in [0.15, 0.2) is 5.13 Å². The predicted molar refractivity (Wildman–Crippen MR) is 112 cm³/mol. The van der Waals surface area contributed by atoms with Crippen LogP contribution in [-0.2, 0) is 11.3 Å². The number of benzene rings is 1. The average Bonchev–Trinajstić information content (AvgIpc) is 3.07. The summed E-state index contributed by atoms with van der Waals surface area (Å²) in [6.45, 7) is 8.67. The second-order valence-electron chi connectivity index (χ2n) is 7.33. The first kappa shape index (κ1) is 20.0. The summed E-state index contributed by atoms with van der Waals surface area (Å²) in [6.07, 6.45) is 3.40. The van der Waals surface area contributed by atoms with Gasteiger partial charge in [-0.05, 0) is 44.8 Å². The molecule has 1 aliphatic heterocycles. The summed E-state index contributed by atoms with van der Waals surface area (Å²) in [5.41, 5.74) is 2.31. The summed E-state index contributed by atoms with van der Waals surface area (Å²) in [5, 5.41) is 5.61. The molecule has 2 heterocycles. The van der Waals surface area contributed by atoms with Gasteiger partial charge in [-0.15, -0.1) is 11.3 Å². The van der Waals surface area contributed by atoms with Crippen LogP contribution in [0.3, 0.4) is 0 Å². The van der Waals surface area contributed by atoms with Crippen LogP contribution in [0.1, 0.15) is 37.4 Å². The molecule has 5 nitrogen and oxygen atoms in total. The number of amides is 1. The smallest absolute Gasteiger partial charge is 0.240 e.